The Hall–Kier alpha value is -6.63. The van der Waals surface area contributed by atoms with Crippen LogP contribution in [-0.2, 0) is 4.79 Å². The maximum atomic E-state index is 12.2. The van der Waals surface area contributed by atoms with Gasteiger partial charge >= 0.3 is 0 Å². The zero-order chi connectivity index (χ0) is 33.9. The molecule has 6 nitrogen and oxygen atoms in total. The Morgan fingerprint density at radius 3 is 1.56 bits per heavy atom. The first-order valence-corrected chi connectivity index (χ1v) is 16.5. The van der Waals surface area contributed by atoms with Crippen molar-refractivity contribution in [2.75, 3.05) is 0 Å². The summed E-state index contributed by atoms with van der Waals surface area (Å²) >= 11 is 0. The molecule has 4 aromatic carbocycles. The molecule has 0 saturated carbocycles. The van der Waals surface area contributed by atoms with Gasteiger partial charge < -0.3 is 15.4 Å². The lowest BCUT2D eigenvalue weighted by atomic mass is 9.99. The van der Waals surface area contributed by atoms with E-state index >= 15 is 0 Å². The van der Waals surface area contributed by atoms with Gasteiger partial charge in [-0.3, -0.25) is 4.79 Å². The largest absolute Gasteiger partial charge is 0.382 e. The quantitative estimate of drug-likeness (QED) is 0.158. The second-order valence-electron chi connectivity index (χ2n) is 12.0. The number of hydrogen-bond acceptors (Lipinski definition) is 4. The predicted octanol–water partition coefficient (Wildman–Crippen LogP) is 8.39. The van der Waals surface area contributed by atoms with Crippen molar-refractivity contribution in [1.82, 2.24) is 10.3 Å². The highest BCUT2D eigenvalue weighted by Crippen LogP contribution is 2.36. The number of allylic oxidation sites excluding steroid dienone is 5. The van der Waals surface area contributed by atoms with Crippen molar-refractivity contribution in [2.45, 2.75) is 6.10 Å². The van der Waals surface area contributed by atoms with E-state index in [4.69, 9.17) is 9.98 Å². The number of aliphatic hydroxyl groups is 1. The highest BCUT2D eigenvalue weighted by Gasteiger charge is 2.24. The number of amides is 1. The molecule has 3 aliphatic rings. The van der Waals surface area contributed by atoms with Gasteiger partial charge in [0, 0.05) is 34.2 Å². The third-order valence-electron chi connectivity index (χ3n) is 8.81. The van der Waals surface area contributed by atoms with Crippen LogP contribution in [0.25, 0.3) is 16.7 Å². The summed E-state index contributed by atoms with van der Waals surface area (Å²) < 4.78 is 0. The molecule has 240 valence electrons. The van der Waals surface area contributed by atoms with Gasteiger partial charge in [-0.1, -0.05) is 121 Å². The molecule has 0 bridgehead atoms. The van der Waals surface area contributed by atoms with Gasteiger partial charge in [0.1, 0.15) is 6.10 Å². The lowest BCUT2D eigenvalue weighted by Gasteiger charge is -2.12. The Balaban J connectivity index is 1.25. The van der Waals surface area contributed by atoms with Crippen LogP contribution in [0.4, 0.5) is 0 Å². The fourth-order valence-corrected chi connectivity index (χ4v) is 6.46. The molecule has 0 radical (unpaired) electrons. The first kappa shape index (κ1) is 30.7. The summed E-state index contributed by atoms with van der Waals surface area (Å²) in [4.78, 5) is 26.0. The summed E-state index contributed by atoms with van der Waals surface area (Å²) in [6, 6.07) is 44.1. The average Bonchev–Trinajstić information content (AvgIpc) is 4.01. The summed E-state index contributed by atoms with van der Waals surface area (Å²) in [5.74, 6) is -0.151. The monoisotopic (exact) mass is 648 g/mol. The van der Waals surface area contributed by atoms with Crippen molar-refractivity contribution in [3.63, 3.8) is 0 Å². The summed E-state index contributed by atoms with van der Waals surface area (Å²) in [6.07, 6.45) is 10.4. The average molecular weight is 649 g/mol. The Labute approximate surface area is 290 Å². The minimum Gasteiger partial charge on any atom is -0.382 e. The number of nitrogens with zero attached hydrogens (tertiary/aromatic N) is 2. The van der Waals surface area contributed by atoms with Crippen molar-refractivity contribution >= 4 is 34.0 Å². The fourth-order valence-electron chi connectivity index (χ4n) is 6.46. The van der Waals surface area contributed by atoms with Gasteiger partial charge in [-0.15, -0.1) is 0 Å². The van der Waals surface area contributed by atoms with E-state index in [1.807, 2.05) is 121 Å². The van der Waals surface area contributed by atoms with E-state index in [1.54, 1.807) is 6.08 Å². The molecular weight excluding hydrogens is 617 g/mol. The SMILES string of the molecule is O=C1C=C/C(=C(C2=N/C(=C(\c3ccccc3)c3ccc(/C(=C4/C=CC(C(O)c5ccccc5)=N4)c4ccccc4)[nH]3)C=C2)\c2ccccc2)N1. The van der Waals surface area contributed by atoms with E-state index in [9.17, 15) is 9.90 Å². The van der Waals surface area contributed by atoms with E-state index in [1.165, 1.54) is 6.08 Å². The summed E-state index contributed by atoms with van der Waals surface area (Å²) in [6.45, 7) is 0. The number of carbonyl (C=O) groups excluding carboxylic acids is 1. The van der Waals surface area contributed by atoms with Gasteiger partial charge in [0.2, 0.25) is 5.91 Å². The van der Waals surface area contributed by atoms with E-state index < -0.39 is 6.10 Å². The van der Waals surface area contributed by atoms with Crippen molar-refractivity contribution in [3.05, 3.63) is 221 Å². The molecule has 1 atom stereocenters. The number of H-pyrrole nitrogens is 1. The van der Waals surface area contributed by atoms with E-state index in [2.05, 4.69) is 46.7 Å². The number of hydrogen-bond donors (Lipinski definition) is 3. The number of nitrogens with one attached hydrogen (secondary N) is 2. The van der Waals surface area contributed by atoms with Gasteiger partial charge in [-0.25, -0.2) is 9.98 Å². The third kappa shape index (κ3) is 6.07. The maximum absolute atomic E-state index is 12.2. The van der Waals surface area contributed by atoms with Crippen molar-refractivity contribution < 1.29 is 9.90 Å². The van der Waals surface area contributed by atoms with Crippen LogP contribution in [0.2, 0.25) is 0 Å². The number of aliphatic hydroxyl groups excluding tert-OH is 1. The van der Waals surface area contributed by atoms with Gasteiger partial charge in [-0.05, 0) is 64.8 Å². The molecule has 0 fully saturated rings. The highest BCUT2D eigenvalue weighted by molar-refractivity contribution is 6.32. The lowest BCUT2D eigenvalue weighted by Crippen LogP contribution is -2.16. The topological polar surface area (TPSA) is 89.8 Å². The second-order valence-corrected chi connectivity index (χ2v) is 12.0. The highest BCUT2D eigenvalue weighted by atomic mass is 16.3. The Bertz CT molecular complexity index is 2340. The first-order chi connectivity index (χ1) is 24.6. The number of aromatic nitrogens is 1. The van der Waals surface area contributed by atoms with Gasteiger partial charge in [-0.2, -0.15) is 0 Å². The van der Waals surface area contributed by atoms with E-state index in [-0.39, 0.29) is 5.91 Å². The standard InChI is InChI=1S/C44H32N4O2/c49-40-28-27-38(48-40)43(31-17-9-3-10-18-31)36-24-23-34(46-36)41(29-13-5-1-6-14-29)33-21-22-35(45-33)42(30-15-7-2-8-16-30)37-25-26-39(47-37)44(50)32-19-11-4-12-20-32/h1-28,44-45,50H,(H,48,49)/b41-34+,42-37-,43-38-. The minimum atomic E-state index is -0.833. The molecule has 6 heteroatoms. The molecule has 50 heavy (non-hydrogen) atoms. The van der Waals surface area contributed by atoms with Crippen molar-refractivity contribution in [2.24, 2.45) is 9.98 Å². The van der Waals surface area contributed by atoms with Gasteiger partial charge in [0.05, 0.1) is 28.5 Å². The van der Waals surface area contributed by atoms with Crippen LogP contribution in [0.15, 0.2) is 197 Å². The van der Waals surface area contributed by atoms with Crippen LogP contribution in [-0.4, -0.2) is 27.4 Å². The van der Waals surface area contributed by atoms with Gasteiger partial charge in [0.25, 0.3) is 0 Å². The van der Waals surface area contributed by atoms with Crippen LogP contribution in [0.1, 0.15) is 39.7 Å². The Kier molecular flexibility index (Phi) is 8.27. The van der Waals surface area contributed by atoms with E-state index in [0.29, 0.717) is 5.71 Å². The molecule has 0 spiro atoms. The maximum Gasteiger partial charge on any atom is 0.248 e. The summed E-state index contributed by atoms with van der Waals surface area (Å²) in [5.41, 5.74) is 11.9. The summed E-state index contributed by atoms with van der Waals surface area (Å²) in [5, 5.41) is 14.1. The second kappa shape index (κ2) is 13.5. The molecule has 0 saturated heterocycles. The summed E-state index contributed by atoms with van der Waals surface area (Å²) in [7, 11) is 0. The molecule has 1 aromatic heterocycles. The number of aliphatic imine (C=N–C) groups is 2. The van der Waals surface area contributed by atoms with Crippen LogP contribution in [0.5, 0.6) is 0 Å². The molecule has 3 N–H and O–H groups in total. The Morgan fingerprint density at radius 2 is 1.02 bits per heavy atom. The lowest BCUT2D eigenvalue weighted by molar-refractivity contribution is -0.115. The minimum absolute atomic E-state index is 0.151. The molecule has 1 amide bonds. The van der Waals surface area contributed by atoms with Crippen LogP contribution in [0.3, 0.4) is 0 Å². The third-order valence-corrected chi connectivity index (χ3v) is 8.81. The van der Waals surface area contributed by atoms with Crippen molar-refractivity contribution in [1.29, 1.82) is 0 Å². The molecule has 3 aliphatic heterocycles. The number of benzene rings is 4. The van der Waals surface area contributed by atoms with Crippen molar-refractivity contribution in [3.8, 4) is 0 Å². The number of carbonyl (C=O) groups is 1. The molecule has 4 heterocycles. The predicted molar refractivity (Wildman–Crippen MR) is 201 cm³/mol. The van der Waals surface area contributed by atoms with Crippen LogP contribution >= 0.6 is 0 Å². The normalized spacial score (nSPS) is 18.5. The molecule has 1 unspecified atom stereocenters. The zero-order valence-electron chi connectivity index (χ0n) is 27.0. The molecular formula is C44H32N4O2. The Morgan fingerprint density at radius 1 is 0.520 bits per heavy atom. The zero-order valence-corrected chi connectivity index (χ0v) is 27.0. The van der Waals surface area contributed by atoms with Crippen LogP contribution in [0, 0.1) is 0 Å². The molecule has 0 aliphatic carbocycles. The first-order valence-electron chi connectivity index (χ1n) is 16.5. The number of aromatic amines is 1. The van der Waals surface area contributed by atoms with Gasteiger partial charge in [0.15, 0.2) is 0 Å². The fraction of sp³-hybridized carbons (Fsp3) is 0.0227. The smallest absolute Gasteiger partial charge is 0.248 e. The van der Waals surface area contributed by atoms with Crippen LogP contribution < -0.4 is 5.32 Å². The molecule has 5 aromatic rings. The molecule has 8 rings (SSSR count). The number of rotatable bonds is 8. The van der Waals surface area contributed by atoms with E-state index in [0.717, 1.165) is 73.2 Å².